The summed E-state index contributed by atoms with van der Waals surface area (Å²) in [6, 6.07) is 10.5. The van der Waals surface area contributed by atoms with Crippen LogP contribution in [-0.4, -0.2) is 29.6 Å². The molecule has 1 N–H and O–H groups in total. The zero-order chi connectivity index (χ0) is 11.4. The summed E-state index contributed by atoms with van der Waals surface area (Å²) in [5.41, 5.74) is 1.04. The molecule has 0 amide bonds. The third-order valence-corrected chi connectivity index (χ3v) is 3.60. The zero-order valence-corrected chi connectivity index (χ0v) is 11.2. The van der Waals surface area contributed by atoms with Crippen molar-refractivity contribution in [3.8, 4) is 0 Å². The third kappa shape index (κ3) is 3.98. The Labute approximate surface area is 110 Å². The van der Waals surface area contributed by atoms with Crippen LogP contribution < -0.4 is 0 Å². The topological polar surface area (TPSA) is 23.5 Å². The molecule has 0 unspecified atom stereocenters. The van der Waals surface area contributed by atoms with E-state index in [0.717, 1.165) is 12.0 Å². The molecule has 1 heterocycles. The fourth-order valence-electron chi connectivity index (χ4n) is 2.51. The van der Waals surface area contributed by atoms with E-state index in [1.54, 1.807) is 0 Å². The molecular weight excluding hydrogens is 234 g/mol. The van der Waals surface area contributed by atoms with Gasteiger partial charge in [-0.05, 0) is 38.4 Å². The molecule has 0 aliphatic carbocycles. The number of aliphatic hydroxyl groups excluding tert-OH is 1. The van der Waals surface area contributed by atoms with Gasteiger partial charge in [-0.15, -0.1) is 12.4 Å². The van der Waals surface area contributed by atoms with Gasteiger partial charge < -0.3 is 10.0 Å². The molecule has 1 saturated heterocycles. The Morgan fingerprint density at radius 3 is 2.65 bits per heavy atom. The number of halogens is 1. The molecule has 2 nitrogen and oxygen atoms in total. The Morgan fingerprint density at radius 2 is 2.00 bits per heavy atom. The maximum absolute atomic E-state index is 10.2. The highest BCUT2D eigenvalue weighted by Gasteiger charge is 2.22. The van der Waals surface area contributed by atoms with Crippen molar-refractivity contribution < 1.29 is 5.11 Å². The first kappa shape index (κ1) is 14.5. The second-order valence-electron chi connectivity index (χ2n) is 4.79. The minimum Gasteiger partial charge on any atom is -0.388 e. The van der Waals surface area contributed by atoms with Crippen molar-refractivity contribution >= 4 is 12.4 Å². The smallest absolute Gasteiger partial charge is 0.0805 e. The van der Waals surface area contributed by atoms with Crippen molar-refractivity contribution in [1.29, 1.82) is 0 Å². The van der Waals surface area contributed by atoms with E-state index in [0.29, 0.717) is 6.04 Å². The van der Waals surface area contributed by atoms with E-state index in [1.807, 2.05) is 30.3 Å². The van der Waals surface area contributed by atoms with E-state index in [2.05, 4.69) is 11.9 Å². The molecule has 3 heteroatoms. The Kier molecular flexibility index (Phi) is 5.96. The van der Waals surface area contributed by atoms with E-state index < -0.39 is 0 Å². The second-order valence-corrected chi connectivity index (χ2v) is 4.79. The normalized spacial score (nSPS) is 22.8. The summed E-state index contributed by atoms with van der Waals surface area (Å²) in [6.45, 7) is 1.17. The van der Waals surface area contributed by atoms with Crippen molar-refractivity contribution in [2.75, 3.05) is 13.6 Å². The number of piperidine rings is 1. The van der Waals surface area contributed by atoms with Gasteiger partial charge in [-0.2, -0.15) is 0 Å². The molecule has 0 bridgehead atoms. The molecule has 1 aromatic carbocycles. The molecule has 1 aliphatic heterocycles. The first-order valence-electron chi connectivity index (χ1n) is 6.20. The van der Waals surface area contributed by atoms with E-state index in [9.17, 15) is 5.11 Å². The van der Waals surface area contributed by atoms with Crippen LogP contribution >= 0.6 is 12.4 Å². The molecule has 2 rings (SSSR count). The molecule has 1 aliphatic rings. The van der Waals surface area contributed by atoms with Gasteiger partial charge in [0.05, 0.1) is 6.10 Å². The molecule has 17 heavy (non-hydrogen) atoms. The summed E-state index contributed by atoms with van der Waals surface area (Å²) < 4.78 is 0. The molecule has 1 fully saturated rings. The monoisotopic (exact) mass is 255 g/mol. The van der Waals surface area contributed by atoms with Gasteiger partial charge in [0.2, 0.25) is 0 Å². The SMILES string of the molecule is CN1CCCC[C@@H]1C[C@@H](O)c1ccccc1.Cl. The Bertz CT molecular complexity index is 317. The lowest BCUT2D eigenvalue weighted by Gasteiger charge is -2.33. The van der Waals surface area contributed by atoms with Crippen LogP contribution in [0.2, 0.25) is 0 Å². The van der Waals surface area contributed by atoms with Crippen LogP contribution in [0.25, 0.3) is 0 Å². The van der Waals surface area contributed by atoms with Crippen LogP contribution in [0.3, 0.4) is 0 Å². The van der Waals surface area contributed by atoms with Gasteiger partial charge in [-0.25, -0.2) is 0 Å². The molecule has 1 aromatic rings. The summed E-state index contributed by atoms with van der Waals surface area (Å²) in [4.78, 5) is 2.38. The summed E-state index contributed by atoms with van der Waals surface area (Å²) in [6.07, 6.45) is 4.37. The average Bonchev–Trinajstić information content (AvgIpc) is 2.33. The van der Waals surface area contributed by atoms with Crippen LogP contribution in [0.1, 0.15) is 37.4 Å². The van der Waals surface area contributed by atoms with Gasteiger partial charge in [-0.3, -0.25) is 0 Å². The number of benzene rings is 1. The minimum absolute atomic E-state index is 0. The van der Waals surface area contributed by atoms with Crippen LogP contribution in [0.5, 0.6) is 0 Å². The highest BCUT2D eigenvalue weighted by atomic mass is 35.5. The summed E-state index contributed by atoms with van der Waals surface area (Å²) >= 11 is 0. The number of rotatable bonds is 3. The van der Waals surface area contributed by atoms with Gasteiger partial charge in [0.25, 0.3) is 0 Å². The lowest BCUT2D eigenvalue weighted by Crippen LogP contribution is -2.37. The van der Waals surface area contributed by atoms with Crippen molar-refractivity contribution in [1.82, 2.24) is 4.90 Å². The maximum Gasteiger partial charge on any atom is 0.0805 e. The Balaban J connectivity index is 0.00000144. The summed E-state index contributed by atoms with van der Waals surface area (Å²) in [5, 5.41) is 10.2. The molecule has 2 atom stereocenters. The first-order valence-corrected chi connectivity index (χ1v) is 6.20. The minimum atomic E-state index is -0.313. The summed E-state index contributed by atoms with van der Waals surface area (Å²) in [5.74, 6) is 0. The van der Waals surface area contributed by atoms with Crippen molar-refractivity contribution in [3.05, 3.63) is 35.9 Å². The molecule has 0 radical (unpaired) electrons. The predicted octanol–water partition coefficient (Wildman–Crippen LogP) is 3.02. The van der Waals surface area contributed by atoms with Crippen molar-refractivity contribution in [3.63, 3.8) is 0 Å². The summed E-state index contributed by atoms with van der Waals surface area (Å²) in [7, 11) is 2.17. The predicted molar refractivity (Wildman–Crippen MR) is 73.5 cm³/mol. The van der Waals surface area contributed by atoms with Gasteiger partial charge >= 0.3 is 0 Å². The van der Waals surface area contributed by atoms with Crippen molar-refractivity contribution in [2.45, 2.75) is 37.8 Å². The van der Waals surface area contributed by atoms with Gasteiger partial charge in [0, 0.05) is 6.04 Å². The first-order chi connectivity index (χ1) is 7.77. The molecule has 0 saturated carbocycles. The number of hydrogen-bond donors (Lipinski definition) is 1. The van der Waals surface area contributed by atoms with Crippen LogP contribution in [0.4, 0.5) is 0 Å². The van der Waals surface area contributed by atoms with E-state index in [1.165, 1.54) is 25.8 Å². The lowest BCUT2D eigenvalue weighted by molar-refractivity contribution is 0.0944. The number of hydrogen-bond acceptors (Lipinski definition) is 2. The van der Waals surface area contributed by atoms with Crippen LogP contribution in [0.15, 0.2) is 30.3 Å². The number of aliphatic hydroxyl groups is 1. The quantitative estimate of drug-likeness (QED) is 0.898. The Morgan fingerprint density at radius 1 is 1.29 bits per heavy atom. The fraction of sp³-hybridized carbons (Fsp3) is 0.571. The number of nitrogens with zero attached hydrogens (tertiary/aromatic N) is 1. The van der Waals surface area contributed by atoms with Crippen LogP contribution in [0, 0.1) is 0 Å². The van der Waals surface area contributed by atoms with E-state index in [4.69, 9.17) is 0 Å². The molecule has 96 valence electrons. The Hall–Kier alpha value is -0.570. The fourth-order valence-corrected chi connectivity index (χ4v) is 2.51. The van der Waals surface area contributed by atoms with Crippen LogP contribution in [-0.2, 0) is 0 Å². The standard InChI is InChI=1S/C14H21NO.ClH/c1-15-10-6-5-9-13(15)11-14(16)12-7-3-2-4-8-12;/h2-4,7-8,13-14,16H,5-6,9-11H2,1H3;1H/t13-,14-;/m1./s1. The third-order valence-electron chi connectivity index (χ3n) is 3.60. The number of likely N-dealkylation sites (tertiary alicyclic amines) is 1. The zero-order valence-electron chi connectivity index (χ0n) is 10.4. The van der Waals surface area contributed by atoms with E-state index >= 15 is 0 Å². The molecule has 0 aromatic heterocycles. The van der Waals surface area contributed by atoms with Gasteiger partial charge in [0.15, 0.2) is 0 Å². The van der Waals surface area contributed by atoms with Crippen molar-refractivity contribution in [2.24, 2.45) is 0 Å². The average molecular weight is 256 g/mol. The molecular formula is C14H22ClNO. The second kappa shape index (κ2) is 7.00. The lowest BCUT2D eigenvalue weighted by atomic mass is 9.95. The molecule has 0 spiro atoms. The maximum atomic E-state index is 10.2. The highest BCUT2D eigenvalue weighted by molar-refractivity contribution is 5.85. The van der Waals surface area contributed by atoms with E-state index in [-0.39, 0.29) is 18.5 Å². The van der Waals surface area contributed by atoms with Gasteiger partial charge in [0.1, 0.15) is 0 Å². The largest absolute Gasteiger partial charge is 0.388 e. The highest BCUT2D eigenvalue weighted by Crippen LogP contribution is 2.25. The van der Waals surface area contributed by atoms with Gasteiger partial charge in [-0.1, -0.05) is 36.8 Å².